The Balaban J connectivity index is 2.13. The first-order chi connectivity index (χ1) is 6.18. The molecule has 13 heavy (non-hydrogen) atoms. The highest BCUT2D eigenvalue weighted by Crippen LogP contribution is 2.24. The minimum atomic E-state index is 0.269. The topological polar surface area (TPSA) is 24.8 Å². The van der Waals surface area contributed by atoms with Crippen molar-refractivity contribution in [2.24, 2.45) is 10.9 Å². The number of nitrogens with zero attached hydrogens (tertiary/aromatic N) is 2. The van der Waals surface area contributed by atoms with E-state index in [0.717, 1.165) is 19.0 Å². The van der Waals surface area contributed by atoms with Crippen molar-refractivity contribution in [3.8, 4) is 0 Å². The molecule has 2 unspecified atom stereocenters. The first-order valence-corrected chi connectivity index (χ1v) is 5.65. The summed E-state index contributed by atoms with van der Waals surface area (Å²) in [5.74, 6) is 1.75. The number of halogens is 1. The van der Waals surface area contributed by atoms with E-state index in [9.17, 15) is 0 Å². The van der Waals surface area contributed by atoms with Crippen LogP contribution in [0.1, 0.15) is 13.8 Å². The highest BCUT2D eigenvalue weighted by atomic mass is 79.9. The second-order valence-corrected chi connectivity index (χ2v) is 5.02. The van der Waals surface area contributed by atoms with Crippen molar-refractivity contribution >= 4 is 21.8 Å². The molecule has 74 valence electrons. The fourth-order valence-corrected chi connectivity index (χ4v) is 2.45. The van der Waals surface area contributed by atoms with Gasteiger partial charge in [-0.3, -0.25) is 4.99 Å². The number of rotatable bonds is 1. The highest BCUT2D eigenvalue weighted by Gasteiger charge is 2.34. The Bertz CT molecular complexity index is 230. The van der Waals surface area contributed by atoms with E-state index in [4.69, 9.17) is 4.74 Å². The average molecular weight is 247 g/mol. The summed E-state index contributed by atoms with van der Waals surface area (Å²) in [6.45, 7) is 7.00. The van der Waals surface area contributed by atoms with Gasteiger partial charge in [-0.15, -0.1) is 0 Å². The van der Waals surface area contributed by atoms with Crippen molar-refractivity contribution in [2.75, 3.05) is 19.8 Å². The molecular weight excluding hydrogens is 232 g/mol. The Morgan fingerprint density at radius 1 is 1.62 bits per heavy atom. The van der Waals surface area contributed by atoms with Crippen molar-refractivity contribution in [3.63, 3.8) is 0 Å². The van der Waals surface area contributed by atoms with Gasteiger partial charge in [-0.2, -0.15) is 0 Å². The molecule has 0 bridgehead atoms. The Kier molecular flexibility index (Phi) is 2.60. The van der Waals surface area contributed by atoms with Gasteiger partial charge in [0.2, 0.25) is 0 Å². The molecule has 1 fully saturated rings. The standard InChI is InChI=1S/C9H15BrN2O/c1-6(2)7-4-13-5-9-11-8(10)3-12(7)9/h6-8H,3-5H2,1-2H3. The number of aliphatic imine (C=N–C) groups is 1. The Labute approximate surface area is 87.3 Å². The summed E-state index contributed by atoms with van der Waals surface area (Å²) in [5, 5.41) is 0. The minimum absolute atomic E-state index is 0.269. The number of alkyl halides is 1. The van der Waals surface area contributed by atoms with Crippen LogP contribution in [0.15, 0.2) is 4.99 Å². The molecule has 0 aromatic rings. The SMILES string of the molecule is CC(C)C1COCC2=NC(Br)CN21. The second kappa shape index (κ2) is 3.58. The van der Waals surface area contributed by atoms with Gasteiger partial charge in [0.25, 0.3) is 0 Å². The lowest BCUT2D eigenvalue weighted by atomic mass is 10.0. The molecule has 2 atom stereocenters. The van der Waals surface area contributed by atoms with Crippen LogP contribution in [0.4, 0.5) is 0 Å². The molecule has 0 radical (unpaired) electrons. The van der Waals surface area contributed by atoms with E-state index < -0.39 is 0 Å². The van der Waals surface area contributed by atoms with Crippen molar-refractivity contribution in [3.05, 3.63) is 0 Å². The van der Waals surface area contributed by atoms with Crippen molar-refractivity contribution in [1.82, 2.24) is 4.90 Å². The molecule has 0 aromatic heterocycles. The summed E-state index contributed by atoms with van der Waals surface area (Å²) < 4.78 is 5.51. The number of ether oxygens (including phenoxy) is 1. The van der Waals surface area contributed by atoms with Crippen LogP contribution >= 0.6 is 15.9 Å². The molecule has 2 heterocycles. The molecule has 0 N–H and O–H groups in total. The van der Waals surface area contributed by atoms with Gasteiger partial charge in [0.15, 0.2) is 0 Å². The number of morpholine rings is 1. The van der Waals surface area contributed by atoms with E-state index in [-0.39, 0.29) is 4.95 Å². The van der Waals surface area contributed by atoms with Gasteiger partial charge in [0.1, 0.15) is 17.4 Å². The predicted molar refractivity (Wildman–Crippen MR) is 56.3 cm³/mol. The van der Waals surface area contributed by atoms with E-state index in [2.05, 4.69) is 39.7 Å². The van der Waals surface area contributed by atoms with Crippen LogP contribution in [0.2, 0.25) is 0 Å². The summed E-state index contributed by atoms with van der Waals surface area (Å²) in [6.07, 6.45) is 0. The van der Waals surface area contributed by atoms with Crippen LogP contribution in [0, 0.1) is 5.92 Å². The molecule has 2 aliphatic heterocycles. The number of fused-ring (bicyclic) bond motifs is 1. The smallest absolute Gasteiger partial charge is 0.127 e. The van der Waals surface area contributed by atoms with Crippen LogP contribution in [-0.2, 0) is 4.74 Å². The zero-order chi connectivity index (χ0) is 9.42. The van der Waals surface area contributed by atoms with Gasteiger partial charge in [-0.1, -0.05) is 29.8 Å². The highest BCUT2D eigenvalue weighted by molar-refractivity contribution is 9.09. The van der Waals surface area contributed by atoms with E-state index >= 15 is 0 Å². The predicted octanol–water partition coefficient (Wildman–Crippen LogP) is 1.48. The first kappa shape index (κ1) is 9.46. The number of amidine groups is 1. The van der Waals surface area contributed by atoms with Gasteiger partial charge < -0.3 is 9.64 Å². The van der Waals surface area contributed by atoms with E-state index in [1.165, 1.54) is 0 Å². The fourth-order valence-electron chi connectivity index (χ4n) is 1.90. The summed E-state index contributed by atoms with van der Waals surface area (Å²) >= 11 is 3.52. The van der Waals surface area contributed by atoms with Gasteiger partial charge in [0.05, 0.1) is 19.2 Å². The average Bonchev–Trinajstić information content (AvgIpc) is 2.43. The third-order valence-electron chi connectivity index (χ3n) is 2.66. The fraction of sp³-hybridized carbons (Fsp3) is 0.889. The van der Waals surface area contributed by atoms with E-state index in [1.807, 2.05) is 0 Å². The van der Waals surface area contributed by atoms with Crippen LogP contribution in [0.3, 0.4) is 0 Å². The summed E-state index contributed by atoms with van der Waals surface area (Å²) in [5.41, 5.74) is 0. The molecule has 0 aromatic carbocycles. The third-order valence-corrected chi connectivity index (χ3v) is 3.15. The van der Waals surface area contributed by atoms with E-state index in [1.54, 1.807) is 0 Å². The third kappa shape index (κ3) is 1.74. The maximum absolute atomic E-state index is 5.51. The molecule has 1 saturated heterocycles. The van der Waals surface area contributed by atoms with Crippen LogP contribution in [-0.4, -0.2) is 41.5 Å². The lowest BCUT2D eigenvalue weighted by Gasteiger charge is -2.37. The molecule has 0 amide bonds. The summed E-state index contributed by atoms with van der Waals surface area (Å²) in [7, 11) is 0. The lowest BCUT2D eigenvalue weighted by molar-refractivity contribution is 0.0566. The lowest BCUT2D eigenvalue weighted by Crippen LogP contribution is -2.50. The molecule has 0 saturated carbocycles. The van der Waals surface area contributed by atoms with Crippen molar-refractivity contribution in [2.45, 2.75) is 24.8 Å². The zero-order valence-electron chi connectivity index (χ0n) is 8.03. The van der Waals surface area contributed by atoms with Crippen LogP contribution in [0.5, 0.6) is 0 Å². The van der Waals surface area contributed by atoms with Crippen molar-refractivity contribution < 1.29 is 4.74 Å². The maximum atomic E-state index is 5.51. The normalized spacial score (nSPS) is 33.5. The zero-order valence-corrected chi connectivity index (χ0v) is 9.62. The summed E-state index contributed by atoms with van der Waals surface area (Å²) in [4.78, 5) is 7.13. The monoisotopic (exact) mass is 246 g/mol. The van der Waals surface area contributed by atoms with Gasteiger partial charge >= 0.3 is 0 Å². The Morgan fingerprint density at radius 3 is 3.08 bits per heavy atom. The molecule has 0 aliphatic carbocycles. The molecular formula is C9H15BrN2O. The molecule has 4 heteroatoms. The Morgan fingerprint density at radius 2 is 2.38 bits per heavy atom. The quantitative estimate of drug-likeness (QED) is 0.518. The summed E-state index contributed by atoms with van der Waals surface area (Å²) in [6, 6.07) is 0.509. The van der Waals surface area contributed by atoms with E-state index in [0.29, 0.717) is 18.6 Å². The second-order valence-electron chi connectivity index (χ2n) is 3.96. The molecule has 2 aliphatic rings. The number of hydrogen-bond acceptors (Lipinski definition) is 3. The van der Waals surface area contributed by atoms with Gasteiger partial charge in [-0.05, 0) is 5.92 Å². The van der Waals surface area contributed by atoms with Crippen LogP contribution < -0.4 is 0 Å². The largest absolute Gasteiger partial charge is 0.371 e. The van der Waals surface area contributed by atoms with Gasteiger partial charge in [0, 0.05) is 0 Å². The molecule has 0 spiro atoms. The van der Waals surface area contributed by atoms with Crippen LogP contribution in [0.25, 0.3) is 0 Å². The Hall–Kier alpha value is -0.0900. The van der Waals surface area contributed by atoms with Gasteiger partial charge in [-0.25, -0.2) is 0 Å². The first-order valence-electron chi connectivity index (χ1n) is 4.73. The molecule has 3 nitrogen and oxygen atoms in total. The maximum Gasteiger partial charge on any atom is 0.127 e. The number of hydrogen-bond donors (Lipinski definition) is 0. The van der Waals surface area contributed by atoms with Crippen molar-refractivity contribution in [1.29, 1.82) is 0 Å². The molecule has 2 rings (SSSR count). The minimum Gasteiger partial charge on any atom is -0.371 e.